The van der Waals surface area contributed by atoms with Gasteiger partial charge in [0.15, 0.2) is 9.84 Å². The average molecular weight is 210 g/mol. The van der Waals surface area contributed by atoms with Gasteiger partial charge in [0.25, 0.3) is 0 Å². The molecule has 12 heavy (non-hydrogen) atoms. The van der Waals surface area contributed by atoms with Crippen LogP contribution in [-0.4, -0.2) is 37.9 Å². The molecule has 0 spiro atoms. The van der Waals surface area contributed by atoms with E-state index in [4.69, 9.17) is 5.73 Å². The van der Waals surface area contributed by atoms with Crippen LogP contribution < -0.4 is 11.1 Å². The summed E-state index contributed by atoms with van der Waals surface area (Å²) < 4.78 is 22.0. The van der Waals surface area contributed by atoms with Crippen LogP contribution in [0.5, 0.6) is 0 Å². The Morgan fingerprint density at radius 3 is 2.33 bits per heavy atom. The molecular formula is C5H10N2O3S2. The van der Waals surface area contributed by atoms with Crippen molar-refractivity contribution in [3.8, 4) is 0 Å². The summed E-state index contributed by atoms with van der Waals surface area (Å²) >= 11 is 4.40. The largest absolute Gasteiger partial charge is 0.392 e. The molecule has 0 aromatic heterocycles. The van der Waals surface area contributed by atoms with Gasteiger partial charge >= 0.3 is 0 Å². The third-order valence-electron chi connectivity index (χ3n) is 0.992. The van der Waals surface area contributed by atoms with Crippen LogP contribution in [0.4, 0.5) is 0 Å². The Hall–Kier alpha value is -0.690. The Kier molecular flexibility index (Phi) is 4.11. The van der Waals surface area contributed by atoms with Crippen LogP contribution in [0.2, 0.25) is 0 Å². The summed E-state index contributed by atoms with van der Waals surface area (Å²) in [6, 6.07) is 0. The normalized spacial score (nSPS) is 10.8. The summed E-state index contributed by atoms with van der Waals surface area (Å²) in [6.07, 6.45) is 0. The molecule has 7 heteroatoms. The predicted octanol–water partition coefficient (Wildman–Crippen LogP) is -1.57. The fraction of sp³-hybridized carbons (Fsp3) is 0.600. The highest BCUT2D eigenvalue weighted by Crippen LogP contribution is 1.89. The highest BCUT2D eigenvalue weighted by atomic mass is 32.2. The van der Waals surface area contributed by atoms with E-state index < -0.39 is 27.3 Å². The van der Waals surface area contributed by atoms with Gasteiger partial charge < -0.3 is 11.1 Å². The van der Waals surface area contributed by atoms with Gasteiger partial charge in [0.1, 0.15) is 11.5 Å². The summed E-state index contributed by atoms with van der Waals surface area (Å²) in [5, 5.41) is 2.19. The maximum absolute atomic E-state index is 11.0. The third kappa shape index (κ3) is 5.03. The van der Waals surface area contributed by atoms with E-state index in [0.717, 1.165) is 0 Å². The zero-order chi connectivity index (χ0) is 9.78. The summed E-state index contributed by atoms with van der Waals surface area (Å²) in [7, 11) is -2.11. The fourth-order valence-corrected chi connectivity index (χ4v) is 2.16. The van der Waals surface area contributed by atoms with E-state index in [9.17, 15) is 13.2 Å². The first kappa shape index (κ1) is 11.3. The molecule has 3 N–H and O–H groups in total. The SMILES string of the molecule is CNC(=O)CS(=O)(=O)CC(N)=S. The van der Waals surface area contributed by atoms with Gasteiger partial charge in [-0.25, -0.2) is 8.42 Å². The summed E-state index contributed by atoms with van der Waals surface area (Å²) in [5.74, 6) is -1.55. The number of hydrogen-bond donors (Lipinski definition) is 2. The van der Waals surface area contributed by atoms with Gasteiger partial charge in [-0.2, -0.15) is 0 Å². The number of carbonyl (C=O) groups is 1. The van der Waals surface area contributed by atoms with E-state index >= 15 is 0 Å². The molecule has 0 saturated carbocycles. The molecule has 0 aromatic carbocycles. The van der Waals surface area contributed by atoms with E-state index in [-0.39, 0.29) is 4.99 Å². The first-order valence-electron chi connectivity index (χ1n) is 3.06. The van der Waals surface area contributed by atoms with E-state index in [1.54, 1.807) is 0 Å². The van der Waals surface area contributed by atoms with Crippen molar-refractivity contribution in [2.24, 2.45) is 5.73 Å². The molecule has 0 saturated heterocycles. The van der Waals surface area contributed by atoms with Crippen molar-refractivity contribution >= 4 is 33.0 Å². The maximum atomic E-state index is 11.0. The molecule has 0 bridgehead atoms. The van der Waals surface area contributed by atoms with E-state index in [2.05, 4.69) is 17.5 Å². The van der Waals surface area contributed by atoms with E-state index in [1.165, 1.54) is 7.05 Å². The van der Waals surface area contributed by atoms with E-state index in [0.29, 0.717) is 0 Å². The van der Waals surface area contributed by atoms with Gasteiger partial charge in [-0.15, -0.1) is 0 Å². The van der Waals surface area contributed by atoms with Crippen molar-refractivity contribution in [1.29, 1.82) is 0 Å². The molecule has 1 amide bonds. The Morgan fingerprint density at radius 1 is 1.50 bits per heavy atom. The first-order chi connectivity index (χ1) is 5.37. The minimum atomic E-state index is -3.47. The lowest BCUT2D eigenvalue weighted by atomic mass is 10.7. The van der Waals surface area contributed by atoms with Gasteiger partial charge in [0, 0.05) is 7.05 Å². The Balaban J connectivity index is 4.25. The van der Waals surface area contributed by atoms with Gasteiger partial charge in [-0.1, -0.05) is 12.2 Å². The number of carbonyl (C=O) groups excluding carboxylic acids is 1. The number of amides is 1. The van der Waals surface area contributed by atoms with Crippen LogP contribution in [-0.2, 0) is 14.6 Å². The minimum absolute atomic E-state index is 0.126. The van der Waals surface area contributed by atoms with Crippen LogP contribution in [0, 0.1) is 0 Å². The molecule has 0 rings (SSSR count). The first-order valence-corrected chi connectivity index (χ1v) is 5.29. The average Bonchev–Trinajstić information content (AvgIpc) is 1.83. The molecule has 0 aliphatic heterocycles. The van der Waals surface area contributed by atoms with Crippen molar-refractivity contribution in [1.82, 2.24) is 5.32 Å². The van der Waals surface area contributed by atoms with Crippen LogP contribution in [0.3, 0.4) is 0 Å². The number of rotatable bonds is 4. The van der Waals surface area contributed by atoms with Crippen molar-refractivity contribution in [3.63, 3.8) is 0 Å². The third-order valence-corrected chi connectivity index (χ3v) is 2.77. The Morgan fingerprint density at radius 2 is 2.00 bits per heavy atom. The lowest BCUT2D eigenvalue weighted by molar-refractivity contribution is -0.118. The molecule has 0 unspecified atom stereocenters. The molecule has 0 heterocycles. The molecule has 5 nitrogen and oxygen atoms in total. The Labute approximate surface area is 76.2 Å². The van der Waals surface area contributed by atoms with Crippen molar-refractivity contribution in [2.75, 3.05) is 18.6 Å². The molecule has 0 radical (unpaired) electrons. The van der Waals surface area contributed by atoms with Crippen molar-refractivity contribution in [2.45, 2.75) is 0 Å². The minimum Gasteiger partial charge on any atom is -0.392 e. The van der Waals surface area contributed by atoms with Crippen LogP contribution in [0.25, 0.3) is 0 Å². The fourth-order valence-electron chi connectivity index (χ4n) is 0.540. The summed E-state index contributed by atoms with van der Waals surface area (Å²) in [4.78, 5) is 10.5. The predicted molar refractivity (Wildman–Crippen MR) is 49.5 cm³/mol. The molecule has 70 valence electrons. The summed E-state index contributed by atoms with van der Waals surface area (Å²) in [5.41, 5.74) is 5.02. The maximum Gasteiger partial charge on any atom is 0.234 e. The number of nitrogens with two attached hydrogens (primary N) is 1. The molecule has 0 aliphatic carbocycles. The Bertz CT molecular complexity index is 283. The van der Waals surface area contributed by atoms with E-state index in [1.807, 2.05) is 0 Å². The number of thiocarbonyl (C=S) groups is 1. The van der Waals surface area contributed by atoms with Crippen LogP contribution in [0.15, 0.2) is 0 Å². The van der Waals surface area contributed by atoms with Crippen LogP contribution in [0.1, 0.15) is 0 Å². The highest BCUT2D eigenvalue weighted by Gasteiger charge is 2.16. The second-order valence-electron chi connectivity index (χ2n) is 2.17. The quantitative estimate of drug-likeness (QED) is 0.547. The zero-order valence-electron chi connectivity index (χ0n) is 6.53. The van der Waals surface area contributed by atoms with Crippen molar-refractivity contribution < 1.29 is 13.2 Å². The van der Waals surface area contributed by atoms with Crippen molar-refractivity contribution in [3.05, 3.63) is 0 Å². The molecule has 0 aromatic rings. The van der Waals surface area contributed by atoms with Gasteiger partial charge in [0.2, 0.25) is 5.91 Å². The molecule has 0 aliphatic rings. The zero-order valence-corrected chi connectivity index (χ0v) is 8.17. The smallest absolute Gasteiger partial charge is 0.234 e. The number of sulfone groups is 1. The van der Waals surface area contributed by atoms with Gasteiger partial charge in [-0.3, -0.25) is 4.79 Å². The second kappa shape index (κ2) is 4.36. The molecular weight excluding hydrogens is 200 g/mol. The molecule has 0 fully saturated rings. The standard InChI is InChI=1S/C5H10N2O3S2/c1-7-5(8)3-12(9,10)2-4(6)11/h2-3H2,1H3,(H2,6,11)(H,7,8). The molecule has 0 atom stereocenters. The van der Waals surface area contributed by atoms with Gasteiger partial charge in [0.05, 0.1) is 4.99 Å². The topological polar surface area (TPSA) is 89.3 Å². The monoisotopic (exact) mass is 210 g/mol. The lowest BCUT2D eigenvalue weighted by Gasteiger charge is -2.00. The highest BCUT2D eigenvalue weighted by molar-refractivity contribution is 7.94. The van der Waals surface area contributed by atoms with Crippen LogP contribution >= 0.6 is 12.2 Å². The lowest BCUT2D eigenvalue weighted by Crippen LogP contribution is -2.31. The van der Waals surface area contributed by atoms with Gasteiger partial charge in [-0.05, 0) is 0 Å². The number of nitrogens with one attached hydrogen (secondary N) is 1. The second-order valence-corrected chi connectivity index (χ2v) is 4.76. The number of hydrogen-bond acceptors (Lipinski definition) is 4. The summed E-state index contributed by atoms with van der Waals surface area (Å²) in [6.45, 7) is 0.